The largest absolute Gasteiger partial charge is 0.488 e. The van der Waals surface area contributed by atoms with Crippen molar-refractivity contribution in [3.8, 4) is 11.8 Å². The van der Waals surface area contributed by atoms with E-state index >= 15 is 0 Å². The summed E-state index contributed by atoms with van der Waals surface area (Å²) < 4.78 is 18.7. The first kappa shape index (κ1) is 13.5. The normalized spacial score (nSPS) is 11.0. The predicted molar refractivity (Wildman–Crippen MR) is 62.1 cm³/mol. The molecule has 0 spiro atoms. The van der Waals surface area contributed by atoms with Crippen LogP contribution in [-0.4, -0.2) is 17.3 Å². The fourth-order valence-electron chi connectivity index (χ4n) is 1.35. The van der Waals surface area contributed by atoms with Crippen LogP contribution in [0, 0.1) is 17.1 Å². The third-order valence-corrected chi connectivity index (χ3v) is 2.87. The van der Waals surface area contributed by atoms with Crippen LogP contribution in [0.5, 0.6) is 5.75 Å². The molecule has 4 heteroatoms. The summed E-state index contributed by atoms with van der Waals surface area (Å²) in [7, 11) is 0. The van der Waals surface area contributed by atoms with E-state index in [1.165, 1.54) is 12.1 Å². The van der Waals surface area contributed by atoms with Gasteiger partial charge in [0.2, 0.25) is 0 Å². The van der Waals surface area contributed by atoms with Crippen LogP contribution in [0.4, 0.5) is 4.39 Å². The Labute approximate surface area is 100 Å². The molecule has 0 unspecified atom stereocenters. The molecular weight excluding hydrogens is 221 g/mol. The summed E-state index contributed by atoms with van der Waals surface area (Å²) >= 11 is 0. The molecule has 0 atom stereocenters. The molecular formula is C13H16FNO2. The lowest BCUT2D eigenvalue weighted by Gasteiger charge is -2.25. The zero-order valence-corrected chi connectivity index (χ0v) is 10.0. The second-order valence-corrected chi connectivity index (χ2v) is 3.98. The van der Waals surface area contributed by atoms with Crippen LogP contribution in [0.1, 0.15) is 32.3 Å². The fourth-order valence-corrected chi connectivity index (χ4v) is 1.35. The van der Waals surface area contributed by atoms with Crippen molar-refractivity contribution in [1.29, 1.82) is 5.26 Å². The molecule has 1 aromatic rings. The van der Waals surface area contributed by atoms with Gasteiger partial charge in [0.1, 0.15) is 6.61 Å². The van der Waals surface area contributed by atoms with Crippen LogP contribution in [0.3, 0.4) is 0 Å². The lowest BCUT2D eigenvalue weighted by molar-refractivity contribution is -0.0123. The number of hydrogen-bond acceptors (Lipinski definition) is 3. The Morgan fingerprint density at radius 2 is 2.06 bits per heavy atom. The Bertz CT molecular complexity index is 422. The molecule has 92 valence electrons. The highest BCUT2D eigenvalue weighted by atomic mass is 19.1. The Balaban J connectivity index is 2.74. The highest BCUT2D eigenvalue weighted by molar-refractivity contribution is 5.36. The van der Waals surface area contributed by atoms with E-state index in [4.69, 9.17) is 10.00 Å². The number of halogens is 1. The first-order valence-electron chi connectivity index (χ1n) is 5.59. The second kappa shape index (κ2) is 5.65. The van der Waals surface area contributed by atoms with E-state index in [0.29, 0.717) is 12.8 Å². The molecule has 0 saturated heterocycles. The second-order valence-electron chi connectivity index (χ2n) is 3.98. The van der Waals surface area contributed by atoms with E-state index < -0.39 is 11.4 Å². The molecule has 1 rings (SSSR count). The third-order valence-electron chi connectivity index (χ3n) is 2.87. The van der Waals surface area contributed by atoms with Crippen LogP contribution in [0.25, 0.3) is 0 Å². The van der Waals surface area contributed by atoms with Gasteiger partial charge in [-0.15, -0.1) is 0 Å². The molecule has 0 amide bonds. The average Bonchev–Trinajstić information content (AvgIpc) is 2.36. The quantitative estimate of drug-likeness (QED) is 0.856. The van der Waals surface area contributed by atoms with E-state index in [1.807, 2.05) is 19.9 Å². The summed E-state index contributed by atoms with van der Waals surface area (Å²) in [6.45, 7) is 3.74. The molecule has 0 heterocycles. The molecule has 17 heavy (non-hydrogen) atoms. The maximum atomic E-state index is 13.5. The van der Waals surface area contributed by atoms with Crippen molar-refractivity contribution >= 4 is 0 Å². The Morgan fingerprint density at radius 3 is 2.53 bits per heavy atom. The van der Waals surface area contributed by atoms with Gasteiger partial charge >= 0.3 is 0 Å². The maximum Gasteiger partial charge on any atom is 0.166 e. The Kier molecular flexibility index (Phi) is 4.47. The Morgan fingerprint density at radius 1 is 1.41 bits per heavy atom. The summed E-state index contributed by atoms with van der Waals surface area (Å²) in [5.74, 6) is -0.525. The Hall–Kier alpha value is -1.60. The first-order chi connectivity index (χ1) is 8.04. The standard InChI is InChI=1S/C13H16FNO2/c1-3-13(16,4-2)9-17-12-6-5-10(8-15)7-11(12)14/h5-7,16H,3-4,9H2,1-2H3. The van der Waals surface area contributed by atoms with E-state index in [2.05, 4.69) is 0 Å². The van der Waals surface area contributed by atoms with E-state index in [9.17, 15) is 9.50 Å². The summed E-state index contributed by atoms with van der Waals surface area (Å²) in [4.78, 5) is 0. The molecule has 0 aliphatic heterocycles. The lowest BCUT2D eigenvalue weighted by atomic mass is 9.99. The van der Waals surface area contributed by atoms with Crippen LogP contribution in [0.15, 0.2) is 18.2 Å². The summed E-state index contributed by atoms with van der Waals surface area (Å²) in [5, 5.41) is 18.6. The first-order valence-corrected chi connectivity index (χ1v) is 5.59. The topological polar surface area (TPSA) is 53.2 Å². The lowest BCUT2D eigenvalue weighted by Crippen LogP contribution is -2.34. The van der Waals surface area contributed by atoms with Crippen molar-refractivity contribution in [1.82, 2.24) is 0 Å². The summed E-state index contributed by atoms with van der Waals surface area (Å²) in [6, 6.07) is 5.85. The molecule has 0 fully saturated rings. The van der Waals surface area contributed by atoms with Gasteiger partial charge in [0.25, 0.3) is 0 Å². The third kappa shape index (κ3) is 3.43. The molecule has 0 saturated carbocycles. The maximum absolute atomic E-state index is 13.5. The van der Waals surface area contributed by atoms with Crippen molar-refractivity contribution in [2.45, 2.75) is 32.3 Å². The smallest absolute Gasteiger partial charge is 0.166 e. The van der Waals surface area contributed by atoms with Crippen LogP contribution in [-0.2, 0) is 0 Å². The summed E-state index contributed by atoms with van der Waals surface area (Å²) in [5.41, 5.74) is -0.684. The van der Waals surface area contributed by atoms with Crippen molar-refractivity contribution < 1.29 is 14.2 Å². The van der Waals surface area contributed by atoms with Gasteiger partial charge < -0.3 is 9.84 Å². The molecule has 3 nitrogen and oxygen atoms in total. The van der Waals surface area contributed by atoms with E-state index in [1.54, 1.807) is 0 Å². The number of hydrogen-bond donors (Lipinski definition) is 1. The summed E-state index contributed by atoms with van der Waals surface area (Å²) in [6.07, 6.45) is 1.09. The number of benzene rings is 1. The number of ether oxygens (including phenoxy) is 1. The van der Waals surface area contributed by atoms with Gasteiger partial charge in [-0.05, 0) is 31.0 Å². The molecule has 0 bridgehead atoms. The average molecular weight is 237 g/mol. The molecule has 0 aliphatic carbocycles. The monoisotopic (exact) mass is 237 g/mol. The number of nitriles is 1. The molecule has 0 aliphatic rings. The molecule has 1 aromatic carbocycles. The number of nitrogens with zero attached hydrogens (tertiary/aromatic N) is 1. The van der Waals surface area contributed by atoms with Crippen molar-refractivity contribution in [2.24, 2.45) is 0 Å². The molecule has 0 aromatic heterocycles. The zero-order valence-electron chi connectivity index (χ0n) is 10.0. The van der Waals surface area contributed by atoms with Gasteiger partial charge in [0.15, 0.2) is 11.6 Å². The van der Waals surface area contributed by atoms with Gasteiger partial charge in [-0.25, -0.2) is 4.39 Å². The minimum absolute atomic E-state index is 0.0445. The highest BCUT2D eigenvalue weighted by Crippen LogP contribution is 2.21. The number of aliphatic hydroxyl groups is 1. The minimum atomic E-state index is -0.930. The van der Waals surface area contributed by atoms with Crippen LogP contribution in [0.2, 0.25) is 0 Å². The van der Waals surface area contributed by atoms with Crippen molar-refractivity contribution in [3.05, 3.63) is 29.6 Å². The van der Waals surface area contributed by atoms with Gasteiger partial charge in [-0.1, -0.05) is 13.8 Å². The molecule has 0 radical (unpaired) electrons. The van der Waals surface area contributed by atoms with Gasteiger partial charge in [0.05, 0.1) is 17.2 Å². The van der Waals surface area contributed by atoms with Crippen LogP contribution < -0.4 is 4.74 Å². The highest BCUT2D eigenvalue weighted by Gasteiger charge is 2.23. The van der Waals surface area contributed by atoms with E-state index in [0.717, 1.165) is 6.07 Å². The van der Waals surface area contributed by atoms with Gasteiger partial charge in [0, 0.05) is 0 Å². The fraction of sp³-hybridized carbons (Fsp3) is 0.462. The zero-order chi connectivity index (χ0) is 12.9. The van der Waals surface area contributed by atoms with Crippen LogP contribution >= 0.6 is 0 Å². The van der Waals surface area contributed by atoms with Crippen molar-refractivity contribution in [3.63, 3.8) is 0 Å². The minimum Gasteiger partial charge on any atom is -0.488 e. The predicted octanol–water partition coefficient (Wildman–Crippen LogP) is 2.63. The SMILES string of the molecule is CCC(O)(CC)COc1ccc(C#N)cc1F. The van der Waals surface area contributed by atoms with Gasteiger partial charge in [-0.2, -0.15) is 5.26 Å². The van der Waals surface area contributed by atoms with E-state index in [-0.39, 0.29) is 17.9 Å². The van der Waals surface area contributed by atoms with Crippen molar-refractivity contribution in [2.75, 3.05) is 6.61 Å². The number of rotatable bonds is 5. The molecule has 1 N–H and O–H groups in total. The van der Waals surface area contributed by atoms with Gasteiger partial charge in [-0.3, -0.25) is 0 Å².